The average molecular weight is 567 g/mol. The molecule has 1 heterocycles. The van der Waals surface area contributed by atoms with Crippen molar-refractivity contribution in [1.82, 2.24) is 9.96 Å². The standard InChI is InChI=1S/C24H42N2O9S2/c1-23(2,3)25(12-9-21(29)33-6)13-14-34-24(4,5)11-17-37(31,32)18-16-36-15-10-22(30)35-26-19(27)7-8-20(26)28/h7-18H2,1-6H3. The summed E-state index contributed by atoms with van der Waals surface area (Å²) in [4.78, 5) is 53.1. The molecule has 1 aliphatic heterocycles. The molecule has 37 heavy (non-hydrogen) atoms. The number of nitrogens with zero attached hydrogens (tertiary/aromatic N) is 2. The van der Waals surface area contributed by atoms with Crippen LogP contribution in [0.5, 0.6) is 0 Å². The van der Waals surface area contributed by atoms with Gasteiger partial charge in [0.05, 0.1) is 43.7 Å². The summed E-state index contributed by atoms with van der Waals surface area (Å²) < 4.78 is 35.7. The summed E-state index contributed by atoms with van der Waals surface area (Å²) in [6.45, 7) is 11.4. The van der Waals surface area contributed by atoms with Crippen LogP contribution in [0.25, 0.3) is 0 Å². The lowest BCUT2D eigenvalue weighted by molar-refractivity contribution is -0.197. The van der Waals surface area contributed by atoms with Crippen LogP contribution in [0.1, 0.15) is 66.7 Å². The van der Waals surface area contributed by atoms with Crippen LogP contribution in [0.15, 0.2) is 0 Å². The Balaban J connectivity index is 2.31. The van der Waals surface area contributed by atoms with Crippen molar-refractivity contribution in [2.75, 3.05) is 49.8 Å². The van der Waals surface area contributed by atoms with Crippen LogP contribution in [0.3, 0.4) is 0 Å². The highest BCUT2D eigenvalue weighted by Crippen LogP contribution is 2.19. The molecule has 0 aromatic heterocycles. The maximum absolute atomic E-state index is 12.5. The monoisotopic (exact) mass is 566 g/mol. The van der Waals surface area contributed by atoms with Crippen LogP contribution in [0, 0.1) is 0 Å². The third-order valence-corrected chi connectivity index (χ3v) is 8.72. The van der Waals surface area contributed by atoms with Gasteiger partial charge in [0.1, 0.15) is 0 Å². The van der Waals surface area contributed by atoms with Gasteiger partial charge in [-0.2, -0.15) is 11.8 Å². The van der Waals surface area contributed by atoms with E-state index in [1.807, 2.05) is 13.8 Å². The Hall–Kier alpha value is -1.70. The number of rotatable bonds is 17. The van der Waals surface area contributed by atoms with Gasteiger partial charge in [0.2, 0.25) is 0 Å². The fraction of sp³-hybridized carbons (Fsp3) is 0.833. The number of hydroxylamine groups is 2. The van der Waals surface area contributed by atoms with E-state index in [9.17, 15) is 27.6 Å². The van der Waals surface area contributed by atoms with Crippen LogP contribution in [0.4, 0.5) is 0 Å². The lowest BCUT2D eigenvalue weighted by atomic mass is 10.1. The number of hydrogen-bond donors (Lipinski definition) is 0. The van der Waals surface area contributed by atoms with Crippen molar-refractivity contribution in [2.45, 2.75) is 77.9 Å². The first kappa shape index (κ1) is 33.3. The predicted molar refractivity (Wildman–Crippen MR) is 140 cm³/mol. The molecule has 0 aromatic rings. The molecule has 0 atom stereocenters. The topological polar surface area (TPSA) is 137 Å². The summed E-state index contributed by atoms with van der Waals surface area (Å²) >= 11 is 1.29. The number of imide groups is 1. The highest BCUT2D eigenvalue weighted by atomic mass is 32.2. The number of sulfone groups is 1. The second-order valence-electron chi connectivity index (χ2n) is 10.4. The van der Waals surface area contributed by atoms with E-state index in [1.54, 1.807) is 0 Å². The van der Waals surface area contributed by atoms with Gasteiger partial charge in [-0.05, 0) is 41.0 Å². The molecule has 1 saturated heterocycles. The van der Waals surface area contributed by atoms with E-state index < -0.39 is 33.2 Å². The molecule has 11 nitrogen and oxygen atoms in total. The first-order valence-electron chi connectivity index (χ1n) is 12.4. The molecule has 0 N–H and O–H groups in total. The van der Waals surface area contributed by atoms with Crippen molar-refractivity contribution < 1.29 is 41.9 Å². The number of carbonyl (C=O) groups excluding carboxylic acids is 4. The molecule has 1 rings (SSSR count). The van der Waals surface area contributed by atoms with E-state index in [1.165, 1.54) is 18.9 Å². The van der Waals surface area contributed by atoms with Gasteiger partial charge in [-0.25, -0.2) is 13.2 Å². The van der Waals surface area contributed by atoms with E-state index in [-0.39, 0.29) is 48.7 Å². The molecule has 1 fully saturated rings. The lowest BCUT2D eigenvalue weighted by Crippen LogP contribution is -2.45. The average Bonchev–Trinajstić information content (AvgIpc) is 3.10. The molecular weight excluding hydrogens is 524 g/mol. The first-order chi connectivity index (χ1) is 17.1. The van der Waals surface area contributed by atoms with Gasteiger partial charge in [-0.15, -0.1) is 5.06 Å². The molecule has 214 valence electrons. The van der Waals surface area contributed by atoms with Crippen molar-refractivity contribution in [2.24, 2.45) is 0 Å². The third-order valence-electron chi connectivity index (χ3n) is 5.82. The molecule has 0 saturated carbocycles. The minimum absolute atomic E-state index is 0.0207. The fourth-order valence-corrected chi connectivity index (χ4v) is 6.38. The second-order valence-corrected chi connectivity index (χ2v) is 13.9. The summed E-state index contributed by atoms with van der Waals surface area (Å²) in [6.07, 6.45) is 0.655. The number of ether oxygens (including phenoxy) is 2. The van der Waals surface area contributed by atoms with Crippen LogP contribution in [-0.2, 0) is 43.3 Å². The van der Waals surface area contributed by atoms with E-state index in [2.05, 4.69) is 25.7 Å². The van der Waals surface area contributed by atoms with Crippen LogP contribution in [0.2, 0.25) is 0 Å². The summed E-state index contributed by atoms with van der Waals surface area (Å²) in [5.41, 5.74) is -0.803. The molecule has 13 heteroatoms. The van der Waals surface area contributed by atoms with Gasteiger partial charge in [0, 0.05) is 43.0 Å². The van der Waals surface area contributed by atoms with Crippen molar-refractivity contribution in [1.29, 1.82) is 0 Å². The Morgan fingerprint density at radius 3 is 2.14 bits per heavy atom. The fourth-order valence-electron chi connectivity index (χ4n) is 3.37. The van der Waals surface area contributed by atoms with Crippen molar-refractivity contribution in [3.05, 3.63) is 0 Å². The van der Waals surface area contributed by atoms with Gasteiger partial charge in [-0.3, -0.25) is 19.3 Å². The van der Waals surface area contributed by atoms with E-state index >= 15 is 0 Å². The maximum Gasteiger partial charge on any atom is 0.334 e. The zero-order chi connectivity index (χ0) is 28.3. The molecule has 0 aliphatic carbocycles. The Kier molecular flexibility index (Phi) is 13.5. The van der Waals surface area contributed by atoms with Crippen molar-refractivity contribution >= 4 is 45.4 Å². The minimum atomic E-state index is -3.31. The predicted octanol–water partition coefficient (Wildman–Crippen LogP) is 1.98. The SMILES string of the molecule is COC(=O)CCN(CCOC(C)(C)CCS(=O)(=O)CCSCCC(=O)ON1C(=O)CCC1=O)C(C)(C)C. The summed E-state index contributed by atoms with van der Waals surface area (Å²) in [6, 6.07) is 0. The van der Waals surface area contributed by atoms with E-state index in [4.69, 9.17) is 14.3 Å². The molecule has 0 spiro atoms. The minimum Gasteiger partial charge on any atom is -0.469 e. The molecule has 0 unspecified atom stereocenters. The number of methoxy groups -OCH3 is 1. The molecule has 0 radical (unpaired) electrons. The Labute approximate surface area is 224 Å². The van der Waals surface area contributed by atoms with Gasteiger partial charge < -0.3 is 14.3 Å². The smallest absolute Gasteiger partial charge is 0.334 e. The molecule has 0 bridgehead atoms. The summed E-state index contributed by atoms with van der Waals surface area (Å²) in [7, 11) is -1.95. The number of esters is 1. The van der Waals surface area contributed by atoms with E-state index in [0.29, 0.717) is 42.7 Å². The maximum atomic E-state index is 12.5. The highest BCUT2D eigenvalue weighted by Gasteiger charge is 2.32. The van der Waals surface area contributed by atoms with Crippen molar-refractivity contribution in [3.63, 3.8) is 0 Å². The van der Waals surface area contributed by atoms with Crippen molar-refractivity contribution in [3.8, 4) is 0 Å². The molecule has 0 aromatic carbocycles. The third kappa shape index (κ3) is 13.6. The summed E-state index contributed by atoms with van der Waals surface area (Å²) in [5.74, 6) is -1.45. The highest BCUT2D eigenvalue weighted by molar-refractivity contribution is 8.00. The molecule has 1 aliphatic rings. The van der Waals surface area contributed by atoms with Crippen LogP contribution >= 0.6 is 11.8 Å². The second kappa shape index (κ2) is 15.0. The van der Waals surface area contributed by atoms with Gasteiger partial charge in [-0.1, -0.05) is 0 Å². The first-order valence-corrected chi connectivity index (χ1v) is 15.3. The zero-order valence-electron chi connectivity index (χ0n) is 22.9. The zero-order valence-corrected chi connectivity index (χ0v) is 24.5. The van der Waals surface area contributed by atoms with E-state index in [0.717, 1.165) is 0 Å². The quantitative estimate of drug-likeness (QED) is 0.145. The Bertz CT molecular complexity index is 882. The van der Waals surface area contributed by atoms with Gasteiger partial charge >= 0.3 is 11.9 Å². The normalized spacial score (nSPS) is 14.9. The number of thioether (sulfide) groups is 1. The molecular formula is C24H42N2O9S2. The largest absolute Gasteiger partial charge is 0.469 e. The Morgan fingerprint density at radius 1 is 0.946 bits per heavy atom. The van der Waals surface area contributed by atoms with Crippen LogP contribution < -0.4 is 0 Å². The number of amides is 2. The van der Waals surface area contributed by atoms with Crippen LogP contribution in [-0.4, -0.2) is 103 Å². The molecule has 2 amide bonds. The number of hydrogen-bond acceptors (Lipinski definition) is 11. The van der Waals surface area contributed by atoms with Gasteiger partial charge in [0.15, 0.2) is 9.84 Å². The Morgan fingerprint density at radius 2 is 1.57 bits per heavy atom. The van der Waals surface area contributed by atoms with Gasteiger partial charge in [0.25, 0.3) is 11.8 Å². The summed E-state index contributed by atoms with van der Waals surface area (Å²) in [5, 5.41) is 0.504. The number of carbonyl (C=O) groups is 4. The lowest BCUT2D eigenvalue weighted by Gasteiger charge is -2.36.